The monoisotopic (exact) mass is 277 g/mol. The summed E-state index contributed by atoms with van der Waals surface area (Å²) in [5, 5.41) is 0. The minimum Gasteiger partial charge on any atom is -0.330 e. The highest BCUT2D eigenvalue weighted by molar-refractivity contribution is 9.10. The molecule has 0 aliphatic carbocycles. The van der Waals surface area contributed by atoms with Crippen molar-refractivity contribution in [2.75, 3.05) is 6.54 Å². The summed E-state index contributed by atoms with van der Waals surface area (Å²) in [4.78, 5) is 8.68. The molecule has 0 spiro atoms. The third-order valence-electron chi connectivity index (χ3n) is 2.22. The highest BCUT2D eigenvalue weighted by atomic mass is 79.9. The van der Waals surface area contributed by atoms with Crippen LogP contribution < -0.4 is 5.73 Å². The van der Waals surface area contributed by atoms with E-state index in [4.69, 9.17) is 5.73 Å². The summed E-state index contributed by atoms with van der Waals surface area (Å²) in [6, 6.07) is 8.01. The average Bonchev–Trinajstić information content (AvgIpc) is 2.31. The molecule has 2 aromatic rings. The molecule has 0 amide bonds. The summed E-state index contributed by atoms with van der Waals surface area (Å²) in [5.74, 6) is 0. The van der Waals surface area contributed by atoms with E-state index in [1.54, 1.807) is 12.4 Å². The lowest BCUT2D eigenvalue weighted by Crippen LogP contribution is -2.05. The molecule has 0 saturated heterocycles. The van der Waals surface area contributed by atoms with E-state index in [0.717, 1.165) is 27.8 Å². The molecule has 1 heterocycles. The molecule has 0 unspecified atom stereocenters. The Bertz CT molecular complexity index is 468. The van der Waals surface area contributed by atoms with Crippen molar-refractivity contribution in [3.8, 4) is 11.3 Å². The Hall–Kier alpha value is -1.26. The first-order valence-corrected chi connectivity index (χ1v) is 5.86. The summed E-state index contributed by atoms with van der Waals surface area (Å²) >= 11 is 3.40. The van der Waals surface area contributed by atoms with Crippen molar-refractivity contribution in [2.24, 2.45) is 5.73 Å². The van der Waals surface area contributed by atoms with Gasteiger partial charge in [0.25, 0.3) is 0 Å². The van der Waals surface area contributed by atoms with Gasteiger partial charge in [-0.15, -0.1) is 0 Å². The largest absolute Gasteiger partial charge is 0.330 e. The molecule has 0 fully saturated rings. The molecule has 0 aliphatic heterocycles. The van der Waals surface area contributed by atoms with Crippen LogP contribution in [0.2, 0.25) is 0 Å². The number of nitrogens with zero attached hydrogens (tertiary/aromatic N) is 2. The van der Waals surface area contributed by atoms with Gasteiger partial charge in [-0.1, -0.05) is 28.1 Å². The van der Waals surface area contributed by atoms with E-state index in [-0.39, 0.29) is 0 Å². The van der Waals surface area contributed by atoms with Crippen molar-refractivity contribution < 1.29 is 0 Å². The second-order valence-corrected chi connectivity index (χ2v) is 4.36. The van der Waals surface area contributed by atoms with Crippen LogP contribution in [0, 0.1) is 0 Å². The lowest BCUT2D eigenvalue weighted by molar-refractivity contribution is 0.910. The first-order chi connectivity index (χ1) is 7.79. The number of aromatic nitrogens is 2. The van der Waals surface area contributed by atoms with Crippen molar-refractivity contribution in [2.45, 2.75) is 6.42 Å². The van der Waals surface area contributed by atoms with Crippen LogP contribution in [0.4, 0.5) is 0 Å². The Morgan fingerprint density at radius 2 is 1.88 bits per heavy atom. The van der Waals surface area contributed by atoms with Crippen LogP contribution in [0.3, 0.4) is 0 Å². The smallest absolute Gasteiger partial charge is 0.0888 e. The molecule has 0 atom stereocenters. The van der Waals surface area contributed by atoms with Gasteiger partial charge in [0.1, 0.15) is 0 Å². The van der Waals surface area contributed by atoms with Crippen molar-refractivity contribution >= 4 is 15.9 Å². The first kappa shape index (κ1) is 11.2. The van der Waals surface area contributed by atoms with Gasteiger partial charge in [0.2, 0.25) is 0 Å². The minimum absolute atomic E-state index is 0.596. The number of halogens is 1. The second-order valence-electron chi connectivity index (χ2n) is 3.44. The molecule has 2 rings (SSSR count). The Morgan fingerprint density at radius 3 is 2.56 bits per heavy atom. The molecular formula is C12H12BrN3. The number of nitrogens with two attached hydrogens (primary N) is 1. The van der Waals surface area contributed by atoms with Gasteiger partial charge >= 0.3 is 0 Å². The standard InChI is InChI=1S/C12H12BrN3/c13-10-3-1-9(2-4-10)12-8-15-7-11(16-12)5-6-14/h1-4,7-8H,5-6,14H2. The van der Waals surface area contributed by atoms with Gasteiger partial charge < -0.3 is 5.73 Å². The van der Waals surface area contributed by atoms with E-state index >= 15 is 0 Å². The zero-order chi connectivity index (χ0) is 11.4. The molecule has 16 heavy (non-hydrogen) atoms. The van der Waals surface area contributed by atoms with Crippen molar-refractivity contribution in [3.63, 3.8) is 0 Å². The van der Waals surface area contributed by atoms with Gasteiger partial charge in [0.15, 0.2) is 0 Å². The van der Waals surface area contributed by atoms with Gasteiger partial charge in [-0.05, 0) is 18.7 Å². The molecule has 1 aromatic carbocycles. The summed E-state index contributed by atoms with van der Waals surface area (Å²) in [6.07, 6.45) is 4.29. The van der Waals surface area contributed by atoms with Gasteiger partial charge in [-0.2, -0.15) is 0 Å². The lowest BCUT2D eigenvalue weighted by Gasteiger charge is -2.03. The predicted octanol–water partition coefficient (Wildman–Crippen LogP) is 2.41. The summed E-state index contributed by atoms with van der Waals surface area (Å²) in [5.41, 5.74) is 8.38. The number of rotatable bonds is 3. The Kier molecular flexibility index (Phi) is 3.64. The first-order valence-electron chi connectivity index (χ1n) is 5.06. The molecule has 0 bridgehead atoms. The maximum absolute atomic E-state index is 5.50. The van der Waals surface area contributed by atoms with Crippen LogP contribution in [-0.2, 0) is 6.42 Å². The molecule has 0 radical (unpaired) electrons. The van der Waals surface area contributed by atoms with E-state index in [1.807, 2.05) is 24.3 Å². The van der Waals surface area contributed by atoms with Crippen LogP contribution in [0.15, 0.2) is 41.1 Å². The molecule has 1 aromatic heterocycles. The van der Waals surface area contributed by atoms with Crippen LogP contribution >= 0.6 is 15.9 Å². The average molecular weight is 278 g/mol. The highest BCUT2D eigenvalue weighted by Gasteiger charge is 2.01. The summed E-state index contributed by atoms with van der Waals surface area (Å²) < 4.78 is 1.06. The quantitative estimate of drug-likeness (QED) is 0.938. The normalized spacial score (nSPS) is 10.4. The third-order valence-corrected chi connectivity index (χ3v) is 2.75. The van der Waals surface area contributed by atoms with Gasteiger partial charge in [0, 0.05) is 22.7 Å². The Morgan fingerprint density at radius 1 is 1.12 bits per heavy atom. The van der Waals surface area contributed by atoms with Crippen molar-refractivity contribution in [3.05, 3.63) is 46.8 Å². The molecule has 0 aliphatic rings. The number of hydrogen-bond acceptors (Lipinski definition) is 3. The fourth-order valence-corrected chi connectivity index (χ4v) is 1.70. The van der Waals surface area contributed by atoms with Crippen LogP contribution in [0.1, 0.15) is 5.69 Å². The van der Waals surface area contributed by atoms with Gasteiger partial charge in [-0.25, -0.2) is 4.98 Å². The molecule has 3 nitrogen and oxygen atoms in total. The zero-order valence-corrected chi connectivity index (χ0v) is 10.3. The fraction of sp³-hybridized carbons (Fsp3) is 0.167. The SMILES string of the molecule is NCCc1cncc(-c2ccc(Br)cc2)n1. The Labute approximate surface area is 103 Å². The van der Waals surface area contributed by atoms with Crippen LogP contribution in [0.25, 0.3) is 11.3 Å². The predicted molar refractivity (Wildman–Crippen MR) is 67.9 cm³/mol. The lowest BCUT2D eigenvalue weighted by atomic mass is 10.1. The molecule has 2 N–H and O–H groups in total. The van der Waals surface area contributed by atoms with Gasteiger partial charge in [-0.3, -0.25) is 4.98 Å². The summed E-state index contributed by atoms with van der Waals surface area (Å²) in [7, 11) is 0. The number of benzene rings is 1. The fourth-order valence-electron chi connectivity index (χ4n) is 1.43. The second kappa shape index (κ2) is 5.18. The molecular weight excluding hydrogens is 266 g/mol. The minimum atomic E-state index is 0.596. The molecule has 4 heteroatoms. The molecule has 0 saturated carbocycles. The van der Waals surface area contributed by atoms with Crippen LogP contribution in [-0.4, -0.2) is 16.5 Å². The van der Waals surface area contributed by atoms with Crippen molar-refractivity contribution in [1.82, 2.24) is 9.97 Å². The zero-order valence-electron chi connectivity index (χ0n) is 8.73. The van der Waals surface area contributed by atoms with E-state index < -0.39 is 0 Å². The van der Waals surface area contributed by atoms with E-state index in [0.29, 0.717) is 6.54 Å². The number of hydrogen-bond donors (Lipinski definition) is 1. The van der Waals surface area contributed by atoms with E-state index in [2.05, 4.69) is 25.9 Å². The topological polar surface area (TPSA) is 51.8 Å². The maximum Gasteiger partial charge on any atom is 0.0888 e. The Balaban J connectivity index is 2.32. The van der Waals surface area contributed by atoms with E-state index in [9.17, 15) is 0 Å². The van der Waals surface area contributed by atoms with Gasteiger partial charge in [0.05, 0.1) is 17.6 Å². The van der Waals surface area contributed by atoms with Crippen molar-refractivity contribution in [1.29, 1.82) is 0 Å². The van der Waals surface area contributed by atoms with E-state index in [1.165, 1.54) is 0 Å². The molecule has 82 valence electrons. The van der Waals surface area contributed by atoms with Crippen LogP contribution in [0.5, 0.6) is 0 Å². The summed E-state index contributed by atoms with van der Waals surface area (Å²) in [6.45, 7) is 0.596. The third kappa shape index (κ3) is 2.65. The maximum atomic E-state index is 5.50. The highest BCUT2D eigenvalue weighted by Crippen LogP contribution is 2.19.